The van der Waals surface area contributed by atoms with E-state index in [1.54, 1.807) is 13.2 Å². The standard InChI is InChI=1S/C18H20BrClN2O2/c1-11-4-6-16(15(20)8-11)22-18(23)10-21-12(2)13-5-7-17(24-3)14(19)9-13/h4-9,12,21H,10H2,1-3H3,(H,22,23)/t12-/m1/s1. The number of carbonyl (C=O) groups excluding carboxylic acids is 1. The van der Waals surface area contributed by atoms with Gasteiger partial charge in [-0.05, 0) is 65.2 Å². The Kier molecular flexibility index (Phi) is 6.66. The van der Waals surface area contributed by atoms with Crippen LogP contribution in [0.3, 0.4) is 0 Å². The van der Waals surface area contributed by atoms with Crippen molar-refractivity contribution >= 4 is 39.1 Å². The molecule has 2 rings (SSSR count). The number of halogens is 2. The summed E-state index contributed by atoms with van der Waals surface area (Å²) in [5.41, 5.74) is 2.73. The predicted molar refractivity (Wildman–Crippen MR) is 102 cm³/mol. The number of benzene rings is 2. The average molecular weight is 412 g/mol. The smallest absolute Gasteiger partial charge is 0.238 e. The number of methoxy groups -OCH3 is 1. The molecule has 0 fully saturated rings. The van der Waals surface area contributed by atoms with E-state index < -0.39 is 0 Å². The number of anilines is 1. The van der Waals surface area contributed by atoms with Crippen LogP contribution in [0, 0.1) is 6.92 Å². The molecule has 6 heteroatoms. The lowest BCUT2D eigenvalue weighted by Crippen LogP contribution is -2.30. The number of hydrogen-bond acceptors (Lipinski definition) is 3. The minimum atomic E-state index is -0.139. The van der Waals surface area contributed by atoms with Crippen LogP contribution in [0.15, 0.2) is 40.9 Å². The highest BCUT2D eigenvalue weighted by atomic mass is 79.9. The largest absolute Gasteiger partial charge is 0.496 e. The van der Waals surface area contributed by atoms with Gasteiger partial charge in [0.05, 0.1) is 28.8 Å². The zero-order chi connectivity index (χ0) is 17.7. The summed E-state index contributed by atoms with van der Waals surface area (Å²) in [6.45, 7) is 4.14. The van der Waals surface area contributed by atoms with Gasteiger partial charge < -0.3 is 15.4 Å². The fourth-order valence-corrected chi connectivity index (χ4v) is 3.07. The molecule has 0 aliphatic heterocycles. The van der Waals surface area contributed by atoms with Crippen LogP contribution in [-0.4, -0.2) is 19.6 Å². The Labute approximate surface area is 155 Å². The van der Waals surface area contributed by atoms with Gasteiger partial charge in [0.25, 0.3) is 0 Å². The second-order valence-electron chi connectivity index (χ2n) is 5.53. The van der Waals surface area contributed by atoms with Crippen LogP contribution >= 0.6 is 27.5 Å². The summed E-state index contributed by atoms with van der Waals surface area (Å²) in [6, 6.07) is 11.4. The Morgan fingerprint density at radius 3 is 2.67 bits per heavy atom. The molecule has 128 valence electrons. The molecule has 2 N–H and O–H groups in total. The van der Waals surface area contributed by atoms with Crippen molar-refractivity contribution < 1.29 is 9.53 Å². The van der Waals surface area contributed by atoms with Crippen LogP contribution in [0.4, 0.5) is 5.69 Å². The van der Waals surface area contributed by atoms with E-state index in [1.165, 1.54) is 0 Å². The van der Waals surface area contributed by atoms with E-state index in [9.17, 15) is 4.79 Å². The van der Waals surface area contributed by atoms with Crippen LogP contribution < -0.4 is 15.4 Å². The van der Waals surface area contributed by atoms with Gasteiger partial charge in [0.1, 0.15) is 5.75 Å². The van der Waals surface area contributed by atoms with Crippen LogP contribution in [0.25, 0.3) is 0 Å². The Balaban J connectivity index is 1.92. The molecule has 0 heterocycles. The summed E-state index contributed by atoms with van der Waals surface area (Å²) >= 11 is 9.59. The molecule has 2 aromatic rings. The number of amides is 1. The summed E-state index contributed by atoms with van der Waals surface area (Å²) in [5.74, 6) is 0.637. The summed E-state index contributed by atoms with van der Waals surface area (Å²) in [5, 5.41) is 6.55. The van der Waals surface area contributed by atoms with E-state index in [1.807, 2.05) is 44.2 Å². The van der Waals surface area contributed by atoms with Crippen LogP contribution in [0.2, 0.25) is 5.02 Å². The van der Waals surface area contributed by atoms with Gasteiger partial charge in [-0.2, -0.15) is 0 Å². The van der Waals surface area contributed by atoms with Crippen LogP contribution in [0.1, 0.15) is 24.1 Å². The molecular weight excluding hydrogens is 392 g/mol. The first-order valence-electron chi connectivity index (χ1n) is 7.53. The molecular formula is C18H20BrClN2O2. The van der Waals surface area contributed by atoms with E-state index in [0.717, 1.165) is 21.3 Å². The normalized spacial score (nSPS) is 11.9. The first-order valence-corrected chi connectivity index (χ1v) is 8.70. The summed E-state index contributed by atoms with van der Waals surface area (Å²) < 4.78 is 6.10. The fourth-order valence-electron chi connectivity index (χ4n) is 2.23. The van der Waals surface area contributed by atoms with Gasteiger partial charge in [-0.3, -0.25) is 4.79 Å². The van der Waals surface area contributed by atoms with E-state index in [0.29, 0.717) is 10.7 Å². The maximum absolute atomic E-state index is 12.1. The van der Waals surface area contributed by atoms with Crippen molar-refractivity contribution in [3.8, 4) is 5.75 Å². The summed E-state index contributed by atoms with van der Waals surface area (Å²) in [7, 11) is 1.63. The quantitative estimate of drug-likeness (QED) is 0.724. The maximum Gasteiger partial charge on any atom is 0.238 e. The van der Waals surface area contributed by atoms with Gasteiger partial charge in [0, 0.05) is 6.04 Å². The van der Waals surface area contributed by atoms with Crippen molar-refractivity contribution in [2.45, 2.75) is 19.9 Å². The Hall–Kier alpha value is -1.56. The molecule has 1 atom stereocenters. The van der Waals surface area contributed by atoms with E-state index in [2.05, 4.69) is 26.6 Å². The molecule has 0 bridgehead atoms. The zero-order valence-electron chi connectivity index (χ0n) is 13.8. The maximum atomic E-state index is 12.1. The molecule has 0 unspecified atom stereocenters. The molecule has 0 spiro atoms. The molecule has 2 aromatic carbocycles. The first-order chi connectivity index (χ1) is 11.4. The molecule has 1 amide bonds. The van der Waals surface area contributed by atoms with E-state index in [-0.39, 0.29) is 18.5 Å². The van der Waals surface area contributed by atoms with E-state index >= 15 is 0 Å². The lowest BCUT2D eigenvalue weighted by Gasteiger charge is -2.16. The average Bonchev–Trinajstić information content (AvgIpc) is 2.55. The van der Waals surface area contributed by atoms with Gasteiger partial charge in [-0.25, -0.2) is 0 Å². The van der Waals surface area contributed by atoms with Gasteiger partial charge in [0.2, 0.25) is 5.91 Å². The third kappa shape index (κ3) is 4.97. The van der Waals surface area contributed by atoms with Crippen molar-refractivity contribution in [3.63, 3.8) is 0 Å². The third-order valence-electron chi connectivity index (χ3n) is 3.64. The molecule has 0 saturated carbocycles. The number of ether oxygens (including phenoxy) is 1. The fraction of sp³-hybridized carbons (Fsp3) is 0.278. The summed E-state index contributed by atoms with van der Waals surface area (Å²) in [4.78, 5) is 12.1. The Bertz CT molecular complexity index is 737. The lowest BCUT2D eigenvalue weighted by molar-refractivity contribution is -0.115. The van der Waals surface area contributed by atoms with Crippen LogP contribution in [0.5, 0.6) is 5.75 Å². The summed E-state index contributed by atoms with van der Waals surface area (Å²) in [6.07, 6.45) is 0. The number of carbonyl (C=O) groups is 1. The van der Waals surface area contributed by atoms with Crippen molar-refractivity contribution in [2.75, 3.05) is 19.0 Å². The minimum Gasteiger partial charge on any atom is -0.496 e. The second-order valence-corrected chi connectivity index (χ2v) is 6.79. The lowest BCUT2D eigenvalue weighted by atomic mass is 10.1. The van der Waals surface area contributed by atoms with Gasteiger partial charge in [-0.1, -0.05) is 23.7 Å². The molecule has 0 radical (unpaired) electrons. The van der Waals surface area contributed by atoms with Crippen molar-refractivity contribution in [3.05, 3.63) is 57.0 Å². The molecule has 0 aliphatic rings. The SMILES string of the molecule is COc1ccc([C@@H](C)NCC(=O)Nc2ccc(C)cc2Cl)cc1Br. The topological polar surface area (TPSA) is 50.4 Å². The molecule has 0 aliphatic carbocycles. The van der Waals surface area contributed by atoms with Gasteiger partial charge in [-0.15, -0.1) is 0 Å². The monoisotopic (exact) mass is 410 g/mol. The second kappa shape index (κ2) is 8.51. The van der Waals surface area contributed by atoms with Crippen molar-refractivity contribution in [1.82, 2.24) is 5.32 Å². The van der Waals surface area contributed by atoms with Gasteiger partial charge >= 0.3 is 0 Å². The minimum absolute atomic E-state index is 0.0199. The molecule has 0 aromatic heterocycles. The Morgan fingerprint density at radius 2 is 2.04 bits per heavy atom. The first kappa shape index (κ1) is 18.8. The van der Waals surface area contributed by atoms with Crippen molar-refractivity contribution in [2.24, 2.45) is 0 Å². The number of aryl methyl sites for hydroxylation is 1. The third-order valence-corrected chi connectivity index (χ3v) is 4.58. The number of rotatable bonds is 6. The van der Waals surface area contributed by atoms with Crippen LogP contribution in [-0.2, 0) is 4.79 Å². The molecule has 4 nitrogen and oxygen atoms in total. The van der Waals surface area contributed by atoms with Gasteiger partial charge in [0.15, 0.2) is 0 Å². The zero-order valence-corrected chi connectivity index (χ0v) is 16.2. The highest BCUT2D eigenvalue weighted by Crippen LogP contribution is 2.28. The Morgan fingerprint density at radius 1 is 1.29 bits per heavy atom. The molecule has 0 saturated heterocycles. The molecule has 24 heavy (non-hydrogen) atoms. The van der Waals surface area contributed by atoms with Crippen molar-refractivity contribution in [1.29, 1.82) is 0 Å². The number of hydrogen-bond donors (Lipinski definition) is 2. The van der Waals surface area contributed by atoms with E-state index in [4.69, 9.17) is 16.3 Å². The number of nitrogens with one attached hydrogen (secondary N) is 2. The predicted octanol–water partition coefficient (Wildman–Crippen LogP) is 4.71. The highest BCUT2D eigenvalue weighted by Gasteiger charge is 2.11. The highest BCUT2D eigenvalue weighted by molar-refractivity contribution is 9.10.